The fraction of sp³-hybridized carbons (Fsp3) is 0.556. The minimum absolute atomic E-state index is 0.193. The van der Waals surface area contributed by atoms with E-state index in [4.69, 9.17) is 4.74 Å². The Labute approximate surface area is 201 Å². The van der Waals surface area contributed by atoms with Gasteiger partial charge in [-0.3, -0.25) is 9.62 Å². The number of anilines is 1. The van der Waals surface area contributed by atoms with Crippen molar-refractivity contribution < 1.29 is 17.5 Å². The maximum absolute atomic E-state index is 15.1. The largest absolute Gasteiger partial charge is 0.376 e. The SMILES string of the molecule is CCC1(c2cc(NS(=O)(=O)C3CC3)ccc2F)C2CN(CC3(OC)Cc4ccccc4C3)CC21. The molecule has 2 unspecified atom stereocenters. The van der Waals surface area contributed by atoms with Crippen LogP contribution in [0.3, 0.4) is 0 Å². The van der Waals surface area contributed by atoms with Gasteiger partial charge in [0.15, 0.2) is 0 Å². The van der Waals surface area contributed by atoms with E-state index in [0.717, 1.165) is 38.9 Å². The molecule has 6 rings (SSSR count). The number of halogens is 1. The van der Waals surface area contributed by atoms with Crippen molar-refractivity contribution in [2.75, 3.05) is 31.5 Å². The van der Waals surface area contributed by atoms with Crippen LogP contribution in [0.5, 0.6) is 0 Å². The number of likely N-dealkylation sites (tertiary alicyclic amines) is 1. The first kappa shape index (κ1) is 22.5. The standard InChI is InChI=1S/C27H33FN2O3S/c1-3-27(22-12-20(8-11-25(22)28)29-34(31,32)21-9-10-21)23-15-30(16-24(23)27)17-26(33-2)13-18-6-4-5-7-19(18)14-26/h4-8,11-12,21,23-24,29H,3,9-10,13-17H2,1-2H3. The summed E-state index contributed by atoms with van der Waals surface area (Å²) in [5.41, 5.74) is 3.52. The Hall–Kier alpha value is -1.96. The van der Waals surface area contributed by atoms with Gasteiger partial charge in [-0.15, -0.1) is 0 Å². The van der Waals surface area contributed by atoms with Gasteiger partial charge in [0.05, 0.1) is 10.9 Å². The van der Waals surface area contributed by atoms with Gasteiger partial charge < -0.3 is 4.74 Å². The van der Waals surface area contributed by atoms with Gasteiger partial charge in [-0.2, -0.15) is 0 Å². The topological polar surface area (TPSA) is 58.6 Å². The number of piperidine rings is 1. The van der Waals surface area contributed by atoms with Crippen molar-refractivity contribution in [3.05, 3.63) is 65.0 Å². The number of rotatable bonds is 8. The van der Waals surface area contributed by atoms with Crippen LogP contribution >= 0.6 is 0 Å². The zero-order valence-electron chi connectivity index (χ0n) is 19.9. The Morgan fingerprint density at radius 1 is 1.09 bits per heavy atom. The highest BCUT2D eigenvalue weighted by Crippen LogP contribution is 2.66. The number of hydrogen-bond acceptors (Lipinski definition) is 4. The molecule has 5 nitrogen and oxygen atoms in total. The predicted octanol–water partition coefficient (Wildman–Crippen LogP) is 4.12. The van der Waals surface area contributed by atoms with Crippen molar-refractivity contribution >= 4 is 15.7 Å². The highest BCUT2D eigenvalue weighted by atomic mass is 32.2. The first-order chi connectivity index (χ1) is 16.3. The van der Waals surface area contributed by atoms with E-state index in [9.17, 15) is 8.42 Å². The fourth-order valence-electron chi connectivity index (χ4n) is 7.02. The van der Waals surface area contributed by atoms with Gasteiger partial charge in [0, 0.05) is 50.7 Å². The zero-order valence-corrected chi connectivity index (χ0v) is 20.7. The van der Waals surface area contributed by atoms with Crippen molar-refractivity contribution in [2.24, 2.45) is 11.8 Å². The van der Waals surface area contributed by atoms with Crippen molar-refractivity contribution in [1.29, 1.82) is 0 Å². The highest BCUT2D eigenvalue weighted by molar-refractivity contribution is 7.93. The molecule has 1 saturated heterocycles. The quantitative estimate of drug-likeness (QED) is 0.612. The molecule has 0 bridgehead atoms. The van der Waals surface area contributed by atoms with Crippen LogP contribution in [0, 0.1) is 17.7 Å². The summed E-state index contributed by atoms with van der Waals surface area (Å²) >= 11 is 0. The molecule has 2 atom stereocenters. The van der Waals surface area contributed by atoms with Gasteiger partial charge in [-0.1, -0.05) is 31.2 Å². The molecule has 3 fully saturated rings. The normalized spacial score (nSPS) is 29.6. The maximum Gasteiger partial charge on any atom is 0.235 e. The zero-order chi connectivity index (χ0) is 23.7. The maximum atomic E-state index is 15.1. The summed E-state index contributed by atoms with van der Waals surface area (Å²) in [5.74, 6) is 0.553. The Morgan fingerprint density at radius 3 is 2.29 bits per heavy atom. The van der Waals surface area contributed by atoms with E-state index in [0.29, 0.717) is 35.9 Å². The monoisotopic (exact) mass is 484 g/mol. The number of hydrogen-bond donors (Lipinski definition) is 1. The van der Waals surface area contributed by atoms with Crippen molar-refractivity contribution in [2.45, 2.75) is 55.3 Å². The molecule has 2 aromatic rings. The van der Waals surface area contributed by atoms with E-state index in [2.05, 4.69) is 40.8 Å². The van der Waals surface area contributed by atoms with E-state index in [1.807, 2.05) is 7.11 Å². The van der Waals surface area contributed by atoms with E-state index in [1.54, 1.807) is 12.1 Å². The number of fused-ring (bicyclic) bond motifs is 2. The smallest absolute Gasteiger partial charge is 0.235 e. The molecule has 34 heavy (non-hydrogen) atoms. The third-order valence-electron chi connectivity index (χ3n) is 8.97. The van der Waals surface area contributed by atoms with Crippen molar-refractivity contribution in [1.82, 2.24) is 4.90 Å². The number of sulfonamides is 1. The summed E-state index contributed by atoms with van der Waals surface area (Å²) in [6.45, 7) is 4.87. The fourth-order valence-corrected chi connectivity index (χ4v) is 8.40. The summed E-state index contributed by atoms with van der Waals surface area (Å²) in [6.07, 6.45) is 4.13. The summed E-state index contributed by atoms with van der Waals surface area (Å²) in [6, 6.07) is 13.3. The van der Waals surface area contributed by atoms with Crippen LogP contribution < -0.4 is 4.72 Å². The molecule has 2 saturated carbocycles. The van der Waals surface area contributed by atoms with E-state index < -0.39 is 10.0 Å². The molecule has 2 aromatic carbocycles. The third-order valence-corrected chi connectivity index (χ3v) is 10.8. The minimum atomic E-state index is -3.37. The lowest BCUT2D eigenvalue weighted by molar-refractivity contribution is -0.0277. The number of nitrogens with zero attached hydrogens (tertiary/aromatic N) is 1. The van der Waals surface area contributed by atoms with E-state index in [1.165, 1.54) is 17.2 Å². The molecule has 3 aliphatic carbocycles. The molecule has 1 heterocycles. The number of ether oxygens (including phenoxy) is 1. The van der Waals surface area contributed by atoms with Crippen LogP contribution in [-0.2, 0) is 33.0 Å². The molecule has 0 amide bonds. The van der Waals surface area contributed by atoms with Gasteiger partial charge >= 0.3 is 0 Å². The molecule has 0 radical (unpaired) electrons. The second-order valence-corrected chi connectivity index (χ2v) is 12.8. The van der Waals surface area contributed by atoms with Gasteiger partial charge in [0.1, 0.15) is 5.82 Å². The van der Waals surface area contributed by atoms with Crippen LogP contribution in [0.1, 0.15) is 42.9 Å². The van der Waals surface area contributed by atoms with Crippen LogP contribution in [0.2, 0.25) is 0 Å². The lowest BCUT2D eigenvalue weighted by Gasteiger charge is -2.35. The molecular weight excluding hydrogens is 451 g/mol. The summed E-state index contributed by atoms with van der Waals surface area (Å²) in [5, 5.41) is -0.301. The lowest BCUT2D eigenvalue weighted by atomic mass is 9.86. The van der Waals surface area contributed by atoms with Gasteiger partial charge in [0.2, 0.25) is 10.0 Å². The summed E-state index contributed by atoms with van der Waals surface area (Å²) < 4.78 is 48.7. The predicted molar refractivity (Wildman–Crippen MR) is 131 cm³/mol. The van der Waals surface area contributed by atoms with E-state index >= 15 is 4.39 Å². The Kier molecular flexibility index (Phi) is 5.14. The third kappa shape index (κ3) is 3.50. The average Bonchev–Trinajstić information content (AvgIpc) is 3.69. The Bertz CT molecular complexity index is 1190. The van der Waals surface area contributed by atoms with Gasteiger partial charge in [-0.25, -0.2) is 12.8 Å². The van der Waals surface area contributed by atoms with Crippen LogP contribution in [0.15, 0.2) is 42.5 Å². The molecule has 182 valence electrons. The molecule has 0 aromatic heterocycles. The second kappa shape index (κ2) is 7.77. The van der Waals surface area contributed by atoms with Crippen LogP contribution in [0.4, 0.5) is 10.1 Å². The van der Waals surface area contributed by atoms with Gasteiger partial charge in [-0.05, 0) is 66.0 Å². The average molecular weight is 485 g/mol. The second-order valence-electron chi connectivity index (χ2n) is 10.9. The number of methoxy groups -OCH3 is 1. The number of benzene rings is 2. The molecule has 7 heteroatoms. The van der Waals surface area contributed by atoms with E-state index in [-0.39, 0.29) is 22.1 Å². The Balaban J connectivity index is 1.18. The van der Waals surface area contributed by atoms with Crippen LogP contribution in [-0.4, -0.2) is 50.9 Å². The highest BCUT2D eigenvalue weighted by Gasteiger charge is 2.68. The minimum Gasteiger partial charge on any atom is -0.376 e. The molecule has 4 aliphatic rings. The molecule has 1 N–H and O–H groups in total. The molecular formula is C27H33FN2O3S. The first-order valence-corrected chi connectivity index (χ1v) is 14.0. The lowest BCUT2D eigenvalue weighted by Crippen LogP contribution is -2.46. The molecule has 1 aliphatic heterocycles. The first-order valence-electron chi connectivity index (χ1n) is 12.5. The Morgan fingerprint density at radius 2 is 1.74 bits per heavy atom. The van der Waals surface area contributed by atoms with Crippen molar-refractivity contribution in [3.63, 3.8) is 0 Å². The molecule has 0 spiro atoms. The number of nitrogens with one attached hydrogen (secondary N) is 1. The van der Waals surface area contributed by atoms with Gasteiger partial charge in [0.25, 0.3) is 0 Å². The summed E-state index contributed by atoms with van der Waals surface area (Å²) in [7, 11) is -1.55. The summed E-state index contributed by atoms with van der Waals surface area (Å²) in [4.78, 5) is 2.50. The van der Waals surface area contributed by atoms with Crippen LogP contribution in [0.25, 0.3) is 0 Å². The van der Waals surface area contributed by atoms with Crippen molar-refractivity contribution in [3.8, 4) is 0 Å².